The number of fused-ring (bicyclic) bond motifs is 1. The first-order valence-electron chi connectivity index (χ1n) is 10.6. The summed E-state index contributed by atoms with van der Waals surface area (Å²) in [6.45, 7) is 12.1. The number of pyridine rings is 1. The molecule has 6 nitrogen and oxygen atoms in total. The van der Waals surface area contributed by atoms with Crippen LogP contribution >= 0.6 is 22.9 Å². The lowest BCUT2D eigenvalue weighted by Gasteiger charge is -2.21. The van der Waals surface area contributed by atoms with Crippen molar-refractivity contribution >= 4 is 39.1 Å². The normalized spacial score (nSPS) is 12.8. The second-order valence-corrected chi connectivity index (χ2v) is 10.5. The van der Waals surface area contributed by atoms with Gasteiger partial charge in [-0.25, -0.2) is 9.97 Å². The Morgan fingerprint density at radius 1 is 1.16 bits per heavy atom. The summed E-state index contributed by atoms with van der Waals surface area (Å²) in [6, 6.07) is 7.23. The zero-order chi connectivity index (χ0) is 23.5. The van der Waals surface area contributed by atoms with Gasteiger partial charge in [0, 0.05) is 17.9 Å². The molecule has 0 aliphatic carbocycles. The maximum absolute atomic E-state index is 11.9. The van der Waals surface area contributed by atoms with Crippen LogP contribution in [0.5, 0.6) is 17.4 Å². The smallest absolute Gasteiger partial charge is 0.306 e. The Kier molecular flexibility index (Phi) is 7.62. The molecule has 172 valence electrons. The van der Waals surface area contributed by atoms with E-state index >= 15 is 0 Å². The third-order valence-corrected chi connectivity index (χ3v) is 6.24. The zero-order valence-electron chi connectivity index (χ0n) is 19.3. The van der Waals surface area contributed by atoms with Crippen molar-refractivity contribution < 1.29 is 19.0 Å². The first-order valence-corrected chi connectivity index (χ1v) is 11.8. The van der Waals surface area contributed by atoms with E-state index in [1.807, 2.05) is 39.8 Å². The molecule has 0 N–H and O–H groups in total. The quantitative estimate of drug-likeness (QED) is 0.326. The van der Waals surface area contributed by atoms with Crippen molar-refractivity contribution in [2.45, 2.75) is 59.5 Å². The van der Waals surface area contributed by atoms with Gasteiger partial charge < -0.3 is 14.2 Å². The van der Waals surface area contributed by atoms with Crippen LogP contribution in [0.2, 0.25) is 5.02 Å². The number of carbonyl (C=O) groups is 1. The third kappa shape index (κ3) is 6.56. The lowest BCUT2D eigenvalue weighted by molar-refractivity contribution is -0.156. The second-order valence-electron chi connectivity index (χ2n) is 9.07. The second kappa shape index (κ2) is 10.0. The van der Waals surface area contributed by atoms with Crippen LogP contribution in [0.4, 0.5) is 0 Å². The number of nitrogens with zero attached hydrogens (tertiary/aromatic N) is 2. The summed E-state index contributed by atoms with van der Waals surface area (Å²) in [5.41, 5.74) is 0.387. The van der Waals surface area contributed by atoms with Crippen LogP contribution in [-0.2, 0) is 9.53 Å². The monoisotopic (exact) mass is 476 g/mol. The Labute approximate surface area is 197 Å². The highest BCUT2D eigenvalue weighted by molar-refractivity contribution is 7.19. The van der Waals surface area contributed by atoms with Gasteiger partial charge in [-0.15, -0.1) is 11.3 Å². The van der Waals surface area contributed by atoms with Crippen LogP contribution in [-0.4, -0.2) is 28.1 Å². The van der Waals surface area contributed by atoms with Crippen LogP contribution in [0.25, 0.3) is 10.2 Å². The highest BCUT2D eigenvalue weighted by atomic mass is 35.5. The molecule has 32 heavy (non-hydrogen) atoms. The van der Waals surface area contributed by atoms with Gasteiger partial charge in [0.1, 0.15) is 22.1 Å². The van der Waals surface area contributed by atoms with Crippen molar-refractivity contribution in [2.24, 2.45) is 5.92 Å². The van der Waals surface area contributed by atoms with Crippen LogP contribution in [0.3, 0.4) is 0 Å². The molecule has 0 saturated heterocycles. The molecule has 0 aliphatic rings. The predicted octanol–water partition coefficient (Wildman–Crippen LogP) is 7.01. The summed E-state index contributed by atoms with van der Waals surface area (Å²) in [6.07, 6.45) is 1.87. The van der Waals surface area contributed by atoms with E-state index in [0.717, 1.165) is 15.2 Å². The highest BCUT2D eigenvalue weighted by Gasteiger charge is 2.19. The molecule has 0 saturated carbocycles. The molecule has 8 heteroatoms. The van der Waals surface area contributed by atoms with E-state index in [4.69, 9.17) is 25.8 Å². The van der Waals surface area contributed by atoms with E-state index in [9.17, 15) is 4.79 Å². The molecule has 0 fully saturated rings. The molecule has 0 aliphatic heterocycles. The van der Waals surface area contributed by atoms with E-state index in [0.29, 0.717) is 34.9 Å². The largest absolute Gasteiger partial charge is 0.477 e. The third-order valence-electron chi connectivity index (χ3n) is 4.36. The summed E-state index contributed by atoms with van der Waals surface area (Å²) in [5.74, 6) is 1.67. The number of aromatic nitrogens is 2. The number of rotatable bonds is 8. The van der Waals surface area contributed by atoms with Crippen LogP contribution in [0.15, 0.2) is 30.5 Å². The Hall–Kier alpha value is -2.38. The number of esters is 1. The summed E-state index contributed by atoms with van der Waals surface area (Å²) in [7, 11) is 0. The van der Waals surface area contributed by atoms with Gasteiger partial charge in [-0.3, -0.25) is 4.79 Å². The van der Waals surface area contributed by atoms with Gasteiger partial charge in [0.2, 0.25) is 5.88 Å². The van der Waals surface area contributed by atoms with Crippen molar-refractivity contribution in [1.29, 1.82) is 0 Å². The van der Waals surface area contributed by atoms with Crippen molar-refractivity contribution in [3.8, 4) is 17.4 Å². The fourth-order valence-electron chi connectivity index (χ4n) is 2.88. The fourth-order valence-corrected chi connectivity index (χ4v) is 4.19. The fraction of sp³-hybridized carbons (Fsp3) is 0.458. The first-order chi connectivity index (χ1) is 15.0. The van der Waals surface area contributed by atoms with E-state index in [-0.39, 0.29) is 18.3 Å². The minimum atomic E-state index is -0.487. The van der Waals surface area contributed by atoms with Crippen LogP contribution in [0, 0.1) is 5.92 Å². The van der Waals surface area contributed by atoms with Crippen molar-refractivity contribution in [3.63, 3.8) is 0 Å². The van der Waals surface area contributed by atoms with E-state index in [1.54, 1.807) is 29.7 Å². The first kappa shape index (κ1) is 24.3. The topological polar surface area (TPSA) is 70.5 Å². The highest BCUT2D eigenvalue weighted by Crippen LogP contribution is 2.39. The summed E-state index contributed by atoms with van der Waals surface area (Å²) in [4.78, 5) is 20.8. The SMILES string of the molecule is CC(C)c1nc2ccc(Oc3ccc(OC[C@H](C)CC(=O)OC(C)(C)C)nc3)c(Cl)c2s1. The molecule has 0 radical (unpaired) electrons. The molecule has 1 aromatic carbocycles. The predicted molar refractivity (Wildman–Crippen MR) is 128 cm³/mol. The number of thiazole rings is 1. The van der Waals surface area contributed by atoms with Crippen molar-refractivity contribution in [1.82, 2.24) is 9.97 Å². The summed E-state index contributed by atoms with van der Waals surface area (Å²) >= 11 is 8.15. The van der Waals surface area contributed by atoms with E-state index < -0.39 is 5.60 Å². The lowest BCUT2D eigenvalue weighted by Crippen LogP contribution is -2.26. The standard InChI is InChI=1S/C24H29ClN2O4S/c1-14(2)23-27-17-8-9-18(21(25)22(17)32-23)30-16-7-10-19(26-12-16)29-13-15(3)11-20(28)31-24(4,5)6/h7-10,12,14-15H,11,13H2,1-6H3/t15-/m1/s1. The minimum absolute atomic E-state index is 0.00301. The molecular weight excluding hydrogens is 448 g/mol. The Morgan fingerprint density at radius 2 is 1.91 bits per heavy atom. The molecule has 0 unspecified atom stereocenters. The summed E-state index contributed by atoms with van der Waals surface area (Å²) < 4.78 is 17.9. The maximum atomic E-state index is 11.9. The average molecular weight is 477 g/mol. The molecular formula is C24H29ClN2O4S. The van der Waals surface area contributed by atoms with Gasteiger partial charge in [0.25, 0.3) is 0 Å². The van der Waals surface area contributed by atoms with Gasteiger partial charge >= 0.3 is 5.97 Å². The van der Waals surface area contributed by atoms with Crippen molar-refractivity contribution in [2.75, 3.05) is 6.61 Å². The molecule has 0 amide bonds. The van der Waals surface area contributed by atoms with Gasteiger partial charge in [0.05, 0.1) is 34.4 Å². The number of benzene rings is 1. The molecule has 3 rings (SSSR count). The Bertz CT molecular complexity index is 1070. The number of halogens is 1. The number of hydrogen-bond donors (Lipinski definition) is 0. The molecule has 3 aromatic rings. The maximum Gasteiger partial charge on any atom is 0.306 e. The van der Waals surface area contributed by atoms with Gasteiger partial charge in [-0.05, 0) is 39.0 Å². The molecule has 1 atom stereocenters. The lowest BCUT2D eigenvalue weighted by atomic mass is 10.1. The van der Waals surface area contributed by atoms with E-state index in [2.05, 4.69) is 23.8 Å². The summed E-state index contributed by atoms with van der Waals surface area (Å²) in [5, 5.41) is 1.59. The van der Waals surface area contributed by atoms with Crippen molar-refractivity contribution in [3.05, 3.63) is 40.5 Å². The number of hydrogen-bond acceptors (Lipinski definition) is 7. The van der Waals surface area contributed by atoms with Gasteiger partial charge in [-0.1, -0.05) is 32.4 Å². The molecule has 2 aromatic heterocycles. The van der Waals surface area contributed by atoms with Gasteiger partial charge in [-0.2, -0.15) is 0 Å². The minimum Gasteiger partial charge on any atom is -0.477 e. The molecule has 0 bridgehead atoms. The molecule has 2 heterocycles. The van der Waals surface area contributed by atoms with E-state index in [1.165, 1.54) is 0 Å². The number of ether oxygens (including phenoxy) is 3. The molecule has 0 spiro atoms. The average Bonchev–Trinajstić information content (AvgIpc) is 3.14. The van der Waals surface area contributed by atoms with Crippen LogP contribution < -0.4 is 9.47 Å². The Balaban J connectivity index is 1.58. The van der Waals surface area contributed by atoms with Gasteiger partial charge in [0.15, 0.2) is 0 Å². The Morgan fingerprint density at radius 3 is 2.53 bits per heavy atom. The number of carbonyl (C=O) groups excluding carboxylic acids is 1. The zero-order valence-corrected chi connectivity index (χ0v) is 20.8. The van der Waals surface area contributed by atoms with Crippen LogP contribution in [0.1, 0.15) is 58.9 Å².